The third-order valence-corrected chi connectivity index (χ3v) is 5.24. The van der Waals surface area contributed by atoms with Crippen LogP contribution in [0, 0.1) is 5.82 Å². The molecule has 0 atom stereocenters. The molecule has 2 aromatic rings. The van der Waals surface area contributed by atoms with Gasteiger partial charge in [-0.05, 0) is 46.3 Å². The van der Waals surface area contributed by atoms with Crippen LogP contribution in [0.2, 0.25) is 0 Å². The summed E-state index contributed by atoms with van der Waals surface area (Å²) in [5.74, 6) is 0.524. The molecular formula is C20H23BrFN3O2. The molecule has 1 fully saturated rings. The number of nitrogens with zero attached hydrogens (tertiary/aromatic N) is 2. The van der Waals surface area contributed by atoms with Gasteiger partial charge in [0.25, 0.3) is 0 Å². The Morgan fingerprint density at radius 2 is 1.78 bits per heavy atom. The number of methoxy groups -OCH3 is 1. The van der Waals surface area contributed by atoms with Gasteiger partial charge in [0.2, 0.25) is 5.91 Å². The Kier molecular flexibility index (Phi) is 6.82. The predicted molar refractivity (Wildman–Crippen MR) is 107 cm³/mol. The summed E-state index contributed by atoms with van der Waals surface area (Å²) >= 11 is 3.23. The number of amides is 1. The molecular weight excluding hydrogens is 413 g/mol. The van der Waals surface area contributed by atoms with Crippen molar-refractivity contribution in [2.45, 2.75) is 6.54 Å². The van der Waals surface area contributed by atoms with Gasteiger partial charge in [0.15, 0.2) is 0 Å². The van der Waals surface area contributed by atoms with E-state index in [1.54, 1.807) is 13.2 Å². The van der Waals surface area contributed by atoms with Crippen molar-refractivity contribution < 1.29 is 13.9 Å². The summed E-state index contributed by atoms with van der Waals surface area (Å²) in [6, 6.07) is 12.6. The summed E-state index contributed by atoms with van der Waals surface area (Å²) in [7, 11) is 1.61. The number of nitrogens with one attached hydrogen (secondary N) is 1. The molecule has 0 unspecified atom stereocenters. The molecule has 0 aliphatic carbocycles. The minimum atomic E-state index is -0.196. The van der Waals surface area contributed by atoms with E-state index in [0.717, 1.165) is 37.6 Å². The number of ether oxygens (including phenoxy) is 1. The second-order valence-corrected chi connectivity index (χ2v) is 7.40. The van der Waals surface area contributed by atoms with Gasteiger partial charge in [0, 0.05) is 44.0 Å². The van der Waals surface area contributed by atoms with Crippen molar-refractivity contribution in [3.8, 4) is 5.75 Å². The summed E-state index contributed by atoms with van der Waals surface area (Å²) in [6.45, 7) is 4.11. The van der Waals surface area contributed by atoms with E-state index >= 15 is 0 Å². The number of carbonyl (C=O) groups is 1. The van der Waals surface area contributed by atoms with Gasteiger partial charge in [0.1, 0.15) is 11.6 Å². The third-order valence-electron chi connectivity index (χ3n) is 4.63. The lowest BCUT2D eigenvalue weighted by Gasteiger charge is -2.34. The van der Waals surface area contributed by atoms with Crippen LogP contribution in [0.1, 0.15) is 5.56 Å². The van der Waals surface area contributed by atoms with Crippen LogP contribution in [0.15, 0.2) is 46.9 Å². The average Bonchev–Trinajstić information content (AvgIpc) is 2.67. The van der Waals surface area contributed by atoms with Gasteiger partial charge in [-0.15, -0.1) is 0 Å². The molecule has 1 N–H and O–H groups in total. The maximum Gasteiger partial charge on any atom is 0.238 e. The van der Waals surface area contributed by atoms with Gasteiger partial charge in [0.05, 0.1) is 18.1 Å². The number of benzene rings is 2. The number of hydrogen-bond acceptors (Lipinski definition) is 4. The number of piperazine rings is 1. The summed E-state index contributed by atoms with van der Waals surface area (Å²) in [4.78, 5) is 16.6. The van der Waals surface area contributed by atoms with E-state index in [2.05, 4.69) is 31.0 Å². The molecule has 0 spiro atoms. The third kappa shape index (κ3) is 5.51. The van der Waals surface area contributed by atoms with Gasteiger partial charge < -0.3 is 10.1 Å². The first-order valence-corrected chi connectivity index (χ1v) is 9.66. The van der Waals surface area contributed by atoms with Crippen LogP contribution in [0.25, 0.3) is 0 Å². The number of halogens is 2. The standard InChI is InChI=1S/C20H23BrFN3O2/c1-27-17-7-5-16(6-8-17)23-19(26)14-25-11-9-24(10-12-25)13-15-3-2-4-18(21)20(15)22/h2-8H,9-14H2,1H3,(H,23,26). The average molecular weight is 436 g/mol. The van der Waals surface area contributed by atoms with Crippen molar-refractivity contribution in [1.82, 2.24) is 9.80 Å². The number of hydrogen-bond donors (Lipinski definition) is 1. The van der Waals surface area contributed by atoms with E-state index in [-0.39, 0.29) is 11.7 Å². The lowest BCUT2D eigenvalue weighted by Crippen LogP contribution is -2.48. The first kappa shape index (κ1) is 19.8. The normalized spacial score (nSPS) is 15.5. The highest BCUT2D eigenvalue weighted by Gasteiger charge is 2.20. The molecule has 144 valence electrons. The van der Waals surface area contributed by atoms with Crippen molar-refractivity contribution in [1.29, 1.82) is 0 Å². The van der Waals surface area contributed by atoms with Crippen LogP contribution in [0.5, 0.6) is 5.75 Å². The maximum absolute atomic E-state index is 14.1. The molecule has 5 nitrogen and oxygen atoms in total. The van der Waals surface area contributed by atoms with E-state index in [9.17, 15) is 9.18 Å². The fraction of sp³-hybridized carbons (Fsp3) is 0.350. The molecule has 3 rings (SSSR count). The first-order chi connectivity index (χ1) is 13.0. The number of carbonyl (C=O) groups excluding carboxylic acids is 1. The van der Waals surface area contributed by atoms with E-state index < -0.39 is 0 Å². The van der Waals surface area contributed by atoms with E-state index in [4.69, 9.17) is 4.74 Å². The highest BCUT2D eigenvalue weighted by Crippen LogP contribution is 2.20. The molecule has 0 aromatic heterocycles. The van der Waals surface area contributed by atoms with Crippen molar-refractivity contribution in [3.05, 3.63) is 58.3 Å². The fourth-order valence-corrected chi connectivity index (χ4v) is 3.50. The summed E-state index contributed by atoms with van der Waals surface area (Å²) in [6.07, 6.45) is 0. The van der Waals surface area contributed by atoms with Gasteiger partial charge in [-0.3, -0.25) is 14.6 Å². The molecule has 0 saturated carbocycles. The maximum atomic E-state index is 14.1. The van der Waals surface area contributed by atoms with Crippen LogP contribution >= 0.6 is 15.9 Å². The smallest absolute Gasteiger partial charge is 0.238 e. The van der Waals surface area contributed by atoms with Crippen LogP contribution in [-0.4, -0.2) is 55.5 Å². The Bertz CT molecular complexity index is 777. The van der Waals surface area contributed by atoms with Gasteiger partial charge in [-0.25, -0.2) is 4.39 Å². The van der Waals surface area contributed by atoms with Crippen molar-refractivity contribution >= 4 is 27.5 Å². The minimum Gasteiger partial charge on any atom is -0.497 e. The van der Waals surface area contributed by atoms with E-state index in [1.165, 1.54) is 0 Å². The predicted octanol–water partition coefficient (Wildman–Crippen LogP) is 3.35. The number of anilines is 1. The molecule has 0 bridgehead atoms. The minimum absolute atomic E-state index is 0.0355. The first-order valence-electron chi connectivity index (χ1n) is 8.86. The molecule has 1 aliphatic rings. The highest BCUT2D eigenvalue weighted by molar-refractivity contribution is 9.10. The highest BCUT2D eigenvalue weighted by atomic mass is 79.9. The van der Waals surface area contributed by atoms with Gasteiger partial charge in [-0.2, -0.15) is 0 Å². The molecule has 0 radical (unpaired) electrons. The van der Waals surface area contributed by atoms with Crippen LogP contribution in [0.3, 0.4) is 0 Å². The van der Waals surface area contributed by atoms with Gasteiger partial charge >= 0.3 is 0 Å². The van der Waals surface area contributed by atoms with Crippen LogP contribution < -0.4 is 10.1 Å². The zero-order valence-electron chi connectivity index (χ0n) is 15.3. The Morgan fingerprint density at radius 3 is 2.44 bits per heavy atom. The lowest BCUT2D eigenvalue weighted by molar-refractivity contribution is -0.117. The molecule has 2 aromatic carbocycles. The number of rotatable bonds is 6. The fourth-order valence-electron chi connectivity index (χ4n) is 3.09. The molecule has 1 saturated heterocycles. The van der Waals surface area contributed by atoms with Gasteiger partial charge in [-0.1, -0.05) is 12.1 Å². The Labute approximate surface area is 167 Å². The zero-order chi connectivity index (χ0) is 19.2. The van der Waals surface area contributed by atoms with E-state index in [0.29, 0.717) is 23.1 Å². The zero-order valence-corrected chi connectivity index (χ0v) is 16.8. The van der Waals surface area contributed by atoms with Crippen molar-refractivity contribution in [2.75, 3.05) is 45.2 Å². The molecule has 1 aliphatic heterocycles. The second-order valence-electron chi connectivity index (χ2n) is 6.54. The quantitative estimate of drug-likeness (QED) is 0.755. The van der Waals surface area contributed by atoms with Crippen molar-refractivity contribution in [2.24, 2.45) is 0 Å². The Hall–Kier alpha value is -1.96. The summed E-state index contributed by atoms with van der Waals surface area (Å²) in [5.41, 5.74) is 1.44. The molecule has 1 amide bonds. The second kappa shape index (κ2) is 9.30. The van der Waals surface area contributed by atoms with Crippen LogP contribution in [-0.2, 0) is 11.3 Å². The molecule has 27 heavy (non-hydrogen) atoms. The Morgan fingerprint density at radius 1 is 1.11 bits per heavy atom. The largest absolute Gasteiger partial charge is 0.497 e. The van der Waals surface area contributed by atoms with Crippen LogP contribution in [0.4, 0.5) is 10.1 Å². The summed E-state index contributed by atoms with van der Waals surface area (Å²) in [5, 5.41) is 2.90. The SMILES string of the molecule is COc1ccc(NC(=O)CN2CCN(Cc3cccc(Br)c3F)CC2)cc1. The topological polar surface area (TPSA) is 44.8 Å². The van der Waals surface area contributed by atoms with E-state index in [1.807, 2.05) is 36.4 Å². The summed E-state index contributed by atoms with van der Waals surface area (Å²) < 4.78 is 19.7. The molecule has 7 heteroatoms. The monoisotopic (exact) mass is 435 g/mol. The molecule has 1 heterocycles. The Balaban J connectivity index is 1.44. The van der Waals surface area contributed by atoms with Crippen molar-refractivity contribution in [3.63, 3.8) is 0 Å². The lowest BCUT2D eigenvalue weighted by atomic mass is 10.2.